The molecule has 1 heterocycles. The number of carbonyl (C=O) groups excluding carboxylic acids is 1. The Morgan fingerprint density at radius 2 is 2.12 bits per heavy atom. The van der Waals surface area contributed by atoms with Gasteiger partial charge in [0.2, 0.25) is 5.56 Å². The Morgan fingerprint density at radius 1 is 1.44 bits per heavy atom. The van der Waals surface area contributed by atoms with Gasteiger partial charge in [-0.15, -0.1) is 0 Å². The van der Waals surface area contributed by atoms with Gasteiger partial charge in [-0.25, -0.2) is 4.79 Å². The topological polar surface area (TPSA) is 63.1 Å². The van der Waals surface area contributed by atoms with Crippen molar-refractivity contribution in [3.8, 4) is 0 Å². The average Bonchev–Trinajstić information content (AvgIpc) is 2.19. The van der Waals surface area contributed by atoms with Crippen molar-refractivity contribution in [2.45, 2.75) is 26.4 Å². The lowest BCUT2D eigenvalue weighted by Crippen LogP contribution is -2.39. The van der Waals surface area contributed by atoms with Crippen molar-refractivity contribution in [1.29, 1.82) is 0 Å². The summed E-state index contributed by atoms with van der Waals surface area (Å²) in [7, 11) is 1.68. The van der Waals surface area contributed by atoms with E-state index in [0.717, 1.165) is 5.56 Å². The molecule has 0 atom stereocenters. The molecule has 5 heteroatoms. The Bertz CT molecular complexity index is 423. The van der Waals surface area contributed by atoms with Crippen LogP contribution in [-0.2, 0) is 13.6 Å². The molecule has 2 amide bonds. The third-order valence-electron chi connectivity index (χ3n) is 2.02. The van der Waals surface area contributed by atoms with Crippen molar-refractivity contribution in [2.24, 2.45) is 7.05 Å². The quantitative estimate of drug-likeness (QED) is 0.788. The van der Waals surface area contributed by atoms with Gasteiger partial charge < -0.3 is 15.2 Å². The molecule has 0 radical (unpaired) electrons. The van der Waals surface area contributed by atoms with Crippen molar-refractivity contribution in [3.05, 3.63) is 34.2 Å². The molecule has 0 fully saturated rings. The summed E-state index contributed by atoms with van der Waals surface area (Å²) in [6.45, 7) is 4.20. The number of aryl methyl sites for hydroxylation is 1. The van der Waals surface area contributed by atoms with E-state index in [1.165, 1.54) is 10.6 Å². The highest BCUT2D eigenvalue weighted by Gasteiger charge is 2.02. The molecule has 0 saturated carbocycles. The maximum absolute atomic E-state index is 11.3. The minimum atomic E-state index is -0.205. The van der Waals surface area contributed by atoms with Crippen LogP contribution < -0.4 is 16.2 Å². The first-order chi connectivity index (χ1) is 7.49. The summed E-state index contributed by atoms with van der Waals surface area (Å²) >= 11 is 0. The Hall–Kier alpha value is -1.78. The van der Waals surface area contributed by atoms with Crippen LogP contribution in [0.5, 0.6) is 0 Å². The number of rotatable bonds is 3. The number of carbonyl (C=O) groups is 1. The first kappa shape index (κ1) is 12.3. The molecule has 0 aromatic carbocycles. The third kappa shape index (κ3) is 3.76. The van der Waals surface area contributed by atoms with E-state index < -0.39 is 0 Å². The van der Waals surface area contributed by atoms with Crippen LogP contribution in [0.2, 0.25) is 0 Å². The normalized spacial score (nSPS) is 10.2. The molecule has 16 heavy (non-hydrogen) atoms. The summed E-state index contributed by atoms with van der Waals surface area (Å²) in [5.74, 6) is 0. The molecular formula is C11H17N3O2. The summed E-state index contributed by atoms with van der Waals surface area (Å²) in [4.78, 5) is 22.4. The van der Waals surface area contributed by atoms with Crippen LogP contribution in [0.25, 0.3) is 0 Å². The van der Waals surface area contributed by atoms with Crippen LogP contribution in [0.4, 0.5) is 4.79 Å². The van der Waals surface area contributed by atoms with Crippen LogP contribution in [-0.4, -0.2) is 16.6 Å². The number of aromatic nitrogens is 1. The summed E-state index contributed by atoms with van der Waals surface area (Å²) in [5, 5.41) is 5.43. The number of amides is 2. The van der Waals surface area contributed by atoms with Crippen molar-refractivity contribution >= 4 is 6.03 Å². The standard InChI is InChI=1S/C11H17N3O2/c1-8(2)13-11(16)12-6-9-4-5-10(15)14(3)7-9/h4-5,7-8H,6H2,1-3H3,(H2,12,13,16). The second-order valence-corrected chi connectivity index (χ2v) is 3.97. The SMILES string of the molecule is CC(C)NC(=O)NCc1ccc(=O)n(C)c1. The lowest BCUT2D eigenvalue weighted by atomic mass is 10.3. The highest BCUT2D eigenvalue weighted by molar-refractivity contribution is 5.74. The van der Waals surface area contributed by atoms with E-state index in [0.29, 0.717) is 6.54 Å². The fourth-order valence-corrected chi connectivity index (χ4v) is 1.25. The molecule has 1 aromatic rings. The summed E-state index contributed by atoms with van der Waals surface area (Å²) in [5.41, 5.74) is 0.830. The van der Waals surface area contributed by atoms with Crippen molar-refractivity contribution in [2.75, 3.05) is 0 Å². The van der Waals surface area contributed by atoms with E-state index in [2.05, 4.69) is 10.6 Å². The van der Waals surface area contributed by atoms with Crippen LogP contribution in [0.15, 0.2) is 23.1 Å². The van der Waals surface area contributed by atoms with Crippen LogP contribution in [0, 0.1) is 0 Å². The van der Waals surface area contributed by atoms with Gasteiger partial charge in [-0.2, -0.15) is 0 Å². The highest BCUT2D eigenvalue weighted by atomic mass is 16.2. The van der Waals surface area contributed by atoms with Gasteiger partial charge in [0.05, 0.1) is 0 Å². The minimum Gasteiger partial charge on any atom is -0.336 e. The number of hydrogen-bond acceptors (Lipinski definition) is 2. The summed E-state index contributed by atoms with van der Waals surface area (Å²) < 4.78 is 1.48. The molecule has 0 spiro atoms. The van der Waals surface area contributed by atoms with Gasteiger partial charge in [0, 0.05) is 31.9 Å². The van der Waals surface area contributed by atoms with Crippen LogP contribution in [0.3, 0.4) is 0 Å². The number of nitrogens with zero attached hydrogens (tertiary/aromatic N) is 1. The monoisotopic (exact) mass is 223 g/mol. The molecule has 2 N–H and O–H groups in total. The Balaban J connectivity index is 2.52. The predicted molar refractivity (Wildman–Crippen MR) is 62.2 cm³/mol. The zero-order chi connectivity index (χ0) is 12.1. The molecule has 1 rings (SSSR count). The smallest absolute Gasteiger partial charge is 0.315 e. The first-order valence-corrected chi connectivity index (χ1v) is 5.19. The van der Waals surface area contributed by atoms with Gasteiger partial charge >= 0.3 is 6.03 Å². The zero-order valence-corrected chi connectivity index (χ0v) is 9.78. The highest BCUT2D eigenvalue weighted by Crippen LogP contribution is 1.93. The van der Waals surface area contributed by atoms with Crippen molar-refractivity contribution in [3.63, 3.8) is 0 Å². The molecule has 0 unspecified atom stereocenters. The fraction of sp³-hybridized carbons (Fsp3) is 0.455. The van der Waals surface area contributed by atoms with Crippen molar-refractivity contribution < 1.29 is 4.79 Å². The van der Waals surface area contributed by atoms with Gasteiger partial charge in [0.1, 0.15) is 0 Å². The Labute approximate surface area is 94.5 Å². The third-order valence-corrected chi connectivity index (χ3v) is 2.02. The van der Waals surface area contributed by atoms with E-state index >= 15 is 0 Å². The molecule has 5 nitrogen and oxygen atoms in total. The molecule has 0 saturated heterocycles. The second kappa shape index (κ2) is 5.34. The number of pyridine rings is 1. The van der Waals surface area contributed by atoms with E-state index in [9.17, 15) is 9.59 Å². The van der Waals surface area contributed by atoms with E-state index in [1.807, 2.05) is 13.8 Å². The van der Waals surface area contributed by atoms with Crippen LogP contribution in [0.1, 0.15) is 19.4 Å². The lowest BCUT2D eigenvalue weighted by molar-refractivity contribution is 0.238. The average molecular weight is 223 g/mol. The molecule has 0 aliphatic carbocycles. The van der Waals surface area contributed by atoms with Gasteiger partial charge in [0.25, 0.3) is 0 Å². The Morgan fingerprint density at radius 3 is 2.69 bits per heavy atom. The van der Waals surface area contributed by atoms with Gasteiger partial charge in [-0.05, 0) is 19.4 Å². The van der Waals surface area contributed by atoms with E-state index in [1.54, 1.807) is 19.3 Å². The maximum atomic E-state index is 11.3. The summed E-state index contributed by atoms with van der Waals surface area (Å²) in [6.07, 6.45) is 1.71. The molecule has 0 bridgehead atoms. The summed E-state index contributed by atoms with van der Waals surface area (Å²) in [6, 6.07) is 3.10. The number of hydrogen-bond donors (Lipinski definition) is 2. The molecule has 88 valence electrons. The van der Waals surface area contributed by atoms with Gasteiger partial charge in [0.15, 0.2) is 0 Å². The van der Waals surface area contributed by atoms with E-state index in [4.69, 9.17) is 0 Å². The lowest BCUT2D eigenvalue weighted by Gasteiger charge is -2.10. The maximum Gasteiger partial charge on any atom is 0.315 e. The molecule has 1 aromatic heterocycles. The first-order valence-electron chi connectivity index (χ1n) is 5.19. The Kier molecular flexibility index (Phi) is 4.10. The number of urea groups is 1. The fourth-order valence-electron chi connectivity index (χ4n) is 1.25. The molecule has 0 aliphatic heterocycles. The van der Waals surface area contributed by atoms with Gasteiger partial charge in [-0.3, -0.25) is 4.79 Å². The molecular weight excluding hydrogens is 206 g/mol. The van der Waals surface area contributed by atoms with E-state index in [-0.39, 0.29) is 17.6 Å². The second-order valence-electron chi connectivity index (χ2n) is 3.97. The van der Waals surface area contributed by atoms with Crippen molar-refractivity contribution in [1.82, 2.24) is 15.2 Å². The predicted octanol–water partition coefficient (Wildman–Crippen LogP) is 0.593. The largest absolute Gasteiger partial charge is 0.336 e. The minimum absolute atomic E-state index is 0.0598. The zero-order valence-electron chi connectivity index (χ0n) is 9.78. The van der Waals surface area contributed by atoms with Gasteiger partial charge in [-0.1, -0.05) is 6.07 Å². The number of nitrogens with one attached hydrogen (secondary N) is 2. The molecule has 0 aliphatic rings. The van der Waals surface area contributed by atoms with Crippen LogP contribution >= 0.6 is 0 Å².